The van der Waals surface area contributed by atoms with Gasteiger partial charge in [0, 0.05) is 12.0 Å². The van der Waals surface area contributed by atoms with Gasteiger partial charge in [0.1, 0.15) is 11.5 Å². The van der Waals surface area contributed by atoms with Gasteiger partial charge in [-0.1, -0.05) is 45.7 Å². The van der Waals surface area contributed by atoms with E-state index in [1.54, 1.807) is 0 Å². The molecule has 1 atom stereocenters. The van der Waals surface area contributed by atoms with E-state index in [1.165, 1.54) is 6.20 Å². The van der Waals surface area contributed by atoms with Crippen LogP contribution in [-0.4, -0.2) is 21.9 Å². The smallest absolute Gasteiger partial charge is 0.271 e. The third kappa shape index (κ3) is 3.11. The summed E-state index contributed by atoms with van der Waals surface area (Å²) in [6.07, 6.45) is 4.80. The maximum Gasteiger partial charge on any atom is 0.271 e. The largest absolute Gasteiger partial charge is 0.347 e. The molecule has 1 N–H and O–H groups in total. The van der Waals surface area contributed by atoms with Crippen molar-refractivity contribution in [2.24, 2.45) is 5.41 Å². The predicted molar refractivity (Wildman–Crippen MR) is 80.0 cm³/mol. The Hall–Kier alpha value is -1.16. The van der Waals surface area contributed by atoms with Gasteiger partial charge in [-0.3, -0.25) is 4.79 Å². The summed E-state index contributed by atoms with van der Waals surface area (Å²) in [6.45, 7) is 8.36. The van der Waals surface area contributed by atoms with Crippen molar-refractivity contribution >= 4 is 17.5 Å². The van der Waals surface area contributed by atoms with E-state index < -0.39 is 0 Å². The van der Waals surface area contributed by atoms with Gasteiger partial charge >= 0.3 is 0 Å². The van der Waals surface area contributed by atoms with Gasteiger partial charge in [0.05, 0.1) is 11.2 Å². The minimum absolute atomic E-state index is 0.135. The lowest BCUT2D eigenvalue weighted by Gasteiger charge is -2.27. The van der Waals surface area contributed by atoms with E-state index in [1.807, 2.05) is 13.8 Å². The molecule has 0 aliphatic heterocycles. The molecule has 1 saturated carbocycles. The first-order valence-corrected chi connectivity index (χ1v) is 7.52. The van der Waals surface area contributed by atoms with Crippen molar-refractivity contribution in [2.75, 3.05) is 0 Å². The van der Waals surface area contributed by atoms with Crippen molar-refractivity contribution in [3.8, 4) is 0 Å². The van der Waals surface area contributed by atoms with Crippen LogP contribution in [0.1, 0.15) is 69.2 Å². The topological polar surface area (TPSA) is 54.9 Å². The quantitative estimate of drug-likeness (QED) is 0.927. The van der Waals surface area contributed by atoms with Crippen molar-refractivity contribution < 1.29 is 4.79 Å². The number of hydrogen-bond acceptors (Lipinski definition) is 3. The first-order chi connectivity index (χ1) is 9.31. The van der Waals surface area contributed by atoms with Crippen molar-refractivity contribution in [1.82, 2.24) is 15.3 Å². The van der Waals surface area contributed by atoms with Crippen molar-refractivity contribution in [3.63, 3.8) is 0 Å². The molecule has 0 saturated heterocycles. The van der Waals surface area contributed by atoms with Crippen LogP contribution in [0.3, 0.4) is 0 Å². The number of rotatable bonds is 3. The molecule has 20 heavy (non-hydrogen) atoms. The zero-order valence-corrected chi connectivity index (χ0v) is 13.3. The lowest BCUT2D eigenvalue weighted by atomic mass is 9.87. The number of amides is 1. The molecule has 1 aliphatic carbocycles. The highest BCUT2D eigenvalue weighted by Gasteiger charge is 2.36. The van der Waals surface area contributed by atoms with E-state index in [4.69, 9.17) is 11.6 Å². The molecule has 1 aliphatic rings. The van der Waals surface area contributed by atoms with Gasteiger partial charge in [-0.25, -0.2) is 9.97 Å². The van der Waals surface area contributed by atoms with E-state index >= 15 is 0 Å². The molecule has 0 radical (unpaired) electrons. The lowest BCUT2D eigenvalue weighted by molar-refractivity contribution is 0.0904. The highest BCUT2D eigenvalue weighted by Crippen LogP contribution is 2.37. The maximum absolute atomic E-state index is 12.4. The Morgan fingerprint density at radius 1 is 1.50 bits per heavy atom. The Bertz CT molecular complexity index is 514. The molecule has 110 valence electrons. The number of nitrogens with zero attached hydrogens (tertiary/aromatic N) is 2. The molecule has 2 rings (SSSR count). The normalized spacial score (nSPS) is 21.2. The molecule has 0 bridgehead atoms. The van der Waals surface area contributed by atoms with Crippen LogP contribution < -0.4 is 5.32 Å². The Kier molecular flexibility index (Phi) is 4.33. The first-order valence-electron chi connectivity index (χ1n) is 7.14. The summed E-state index contributed by atoms with van der Waals surface area (Å²) < 4.78 is 0. The van der Waals surface area contributed by atoms with Crippen LogP contribution in [-0.2, 0) is 0 Å². The predicted octanol–water partition coefficient (Wildman–Crippen LogP) is 3.56. The summed E-state index contributed by atoms with van der Waals surface area (Å²) in [6, 6.07) is 0.184. The van der Waals surface area contributed by atoms with Gasteiger partial charge < -0.3 is 5.32 Å². The van der Waals surface area contributed by atoms with Crippen LogP contribution in [0.2, 0.25) is 5.02 Å². The molecule has 1 heterocycles. The molecule has 1 unspecified atom stereocenters. The average Bonchev–Trinajstić information content (AvgIpc) is 2.68. The van der Waals surface area contributed by atoms with Gasteiger partial charge in [0.15, 0.2) is 0 Å². The third-order valence-corrected chi connectivity index (χ3v) is 4.33. The third-order valence-electron chi connectivity index (χ3n) is 4.06. The van der Waals surface area contributed by atoms with E-state index in [2.05, 4.69) is 29.1 Å². The number of aromatic nitrogens is 2. The Labute approximate surface area is 125 Å². The van der Waals surface area contributed by atoms with Crippen LogP contribution in [0.15, 0.2) is 6.20 Å². The van der Waals surface area contributed by atoms with Gasteiger partial charge in [-0.15, -0.1) is 0 Å². The fourth-order valence-corrected chi connectivity index (χ4v) is 2.82. The Morgan fingerprint density at radius 2 is 2.20 bits per heavy atom. The molecular formula is C15H22ClN3O. The molecule has 0 spiro atoms. The Balaban J connectivity index is 2.19. The molecule has 4 nitrogen and oxygen atoms in total. The summed E-state index contributed by atoms with van der Waals surface area (Å²) in [4.78, 5) is 20.9. The van der Waals surface area contributed by atoms with E-state index in [0.717, 1.165) is 19.3 Å². The van der Waals surface area contributed by atoms with E-state index in [0.29, 0.717) is 10.8 Å². The lowest BCUT2D eigenvalue weighted by Crippen LogP contribution is -2.42. The molecular weight excluding hydrogens is 274 g/mol. The molecule has 1 aromatic rings. The monoisotopic (exact) mass is 295 g/mol. The van der Waals surface area contributed by atoms with Gasteiger partial charge in [0.25, 0.3) is 5.91 Å². The number of hydrogen-bond donors (Lipinski definition) is 1. The summed E-state index contributed by atoms with van der Waals surface area (Å²) in [5, 5.41) is 3.39. The second kappa shape index (κ2) is 5.68. The van der Waals surface area contributed by atoms with Crippen LogP contribution in [0.5, 0.6) is 0 Å². The van der Waals surface area contributed by atoms with Gasteiger partial charge in [-0.2, -0.15) is 0 Å². The standard InChI is InChI=1S/C15H22ClN3O/c1-9(2)13-17-8-10(16)12(19-13)14(20)18-11-6-5-7-15(11,3)4/h8-9,11H,5-7H2,1-4H3,(H,18,20). The summed E-state index contributed by atoms with van der Waals surface area (Å²) in [5.74, 6) is 0.617. The van der Waals surface area contributed by atoms with Crippen molar-refractivity contribution in [3.05, 3.63) is 22.7 Å². The second-order valence-electron chi connectivity index (χ2n) is 6.49. The van der Waals surface area contributed by atoms with Gasteiger partial charge in [0.2, 0.25) is 0 Å². The fraction of sp³-hybridized carbons (Fsp3) is 0.667. The Morgan fingerprint density at radius 3 is 2.75 bits per heavy atom. The maximum atomic E-state index is 12.4. The fourth-order valence-electron chi connectivity index (χ4n) is 2.64. The zero-order chi connectivity index (χ0) is 14.9. The number of nitrogens with one attached hydrogen (secondary N) is 1. The van der Waals surface area contributed by atoms with Crippen LogP contribution in [0.25, 0.3) is 0 Å². The number of carbonyl (C=O) groups excluding carboxylic acids is 1. The van der Waals surface area contributed by atoms with Crippen LogP contribution in [0, 0.1) is 5.41 Å². The first kappa shape index (κ1) is 15.2. The molecule has 1 amide bonds. The van der Waals surface area contributed by atoms with E-state index in [-0.39, 0.29) is 29.0 Å². The number of halogens is 1. The zero-order valence-electron chi connectivity index (χ0n) is 12.5. The molecule has 1 aromatic heterocycles. The molecule has 1 fully saturated rings. The summed E-state index contributed by atoms with van der Waals surface area (Å²) in [5.41, 5.74) is 0.420. The van der Waals surface area contributed by atoms with Crippen molar-refractivity contribution in [2.45, 2.75) is 58.9 Å². The minimum atomic E-state index is -0.195. The molecule has 5 heteroatoms. The van der Waals surface area contributed by atoms with E-state index in [9.17, 15) is 4.79 Å². The highest BCUT2D eigenvalue weighted by atomic mass is 35.5. The second-order valence-corrected chi connectivity index (χ2v) is 6.89. The minimum Gasteiger partial charge on any atom is -0.347 e. The molecule has 0 aromatic carbocycles. The van der Waals surface area contributed by atoms with Crippen molar-refractivity contribution in [1.29, 1.82) is 0 Å². The van der Waals surface area contributed by atoms with Crippen LogP contribution in [0.4, 0.5) is 0 Å². The SMILES string of the molecule is CC(C)c1ncc(Cl)c(C(=O)NC2CCCC2(C)C)n1. The average molecular weight is 296 g/mol. The van der Waals surface area contributed by atoms with Gasteiger partial charge in [-0.05, 0) is 18.3 Å². The van der Waals surface area contributed by atoms with Crippen LogP contribution >= 0.6 is 11.6 Å². The number of carbonyl (C=O) groups is 1. The summed E-state index contributed by atoms with van der Waals surface area (Å²) >= 11 is 6.07. The highest BCUT2D eigenvalue weighted by molar-refractivity contribution is 6.33. The summed E-state index contributed by atoms with van der Waals surface area (Å²) in [7, 11) is 0.